The molecule has 2 aromatic carbocycles. The predicted octanol–water partition coefficient (Wildman–Crippen LogP) is 5.56. The summed E-state index contributed by atoms with van der Waals surface area (Å²) in [4.78, 5) is 0. The van der Waals surface area contributed by atoms with E-state index < -0.39 is 0 Å². The summed E-state index contributed by atoms with van der Waals surface area (Å²) in [5, 5.41) is 1.45. The van der Waals surface area contributed by atoms with Gasteiger partial charge in [0.25, 0.3) is 0 Å². The molecular formula is C15H13Cl3. The van der Waals surface area contributed by atoms with Gasteiger partial charge in [-0.1, -0.05) is 53.5 Å². The molecule has 0 aliphatic heterocycles. The molecule has 1 atom stereocenters. The van der Waals surface area contributed by atoms with Crippen LogP contribution in [-0.2, 0) is 6.42 Å². The van der Waals surface area contributed by atoms with Crippen LogP contribution >= 0.6 is 34.8 Å². The fourth-order valence-corrected chi connectivity index (χ4v) is 2.63. The van der Waals surface area contributed by atoms with Crippen molar-refractivity contribution in [3.8, 4) is 0 Å². The predicted molar refractivity (Wildman–Crippen MR) is 80.1 cm³/mol. The van der Waals surface area contributed by atoms with Crippen LogP contribution in [0.3, 0.4) is 0 Å². The Labute approximate surface area is 122 Å². The highest BCUT2D eigenvalue weighted by molar-refractivity contribution is 6.33. The molecule has 0 saturated heterocycles. The zero-order valence-electron chi connectivity index (χ0n) is 9.74. The first kappa shape index (κ1) is 13.7. The van der Waals surface area contributed by atoms with Crippen molar-refractivity contribution in [1.29, 1.82) is 0 Å². The largest absolute Gasteiger partial charge is 0.126 e. The van der Waals surface area contributed by atoms with Crippen molar-refractivity contribution >= 4 is 34.8 Å². The van der Waals surface area contributed by atoms with Gasteiger partial charge in [0.05, 0.1) is 0 Å². The molecule has 0 heterocycles. The SMILES string of the molecule is ClCC(Cc1cc(Cl)ccc1Cl)c1ccccc1. The molecule has 1 unspecified atom stereocenters. The second kappa shape index (κ2) is 6.47. The van der Waals surface area contributed by atoms with E-state index in [1.165, 1.54) is 5.56 Å². The summed E-state index contributed by atoms with van der Waals surface area (Å²) in [6.07, 6.45) is 0.799. The van der Waals surface area contributed by atoms with Gasteiger partial charge in [0.15, 0.2) is 0 Å². The molecule has 0 aromatic heterocycles. The highest BCUT2D eigenvalue weighted by atomic mass is 35.5. The van der Waals surface area contributed by atoms with E-state index in [1.807, 2.05) is 30.3 Å². The molecule has 0 saturated carbocycles. The van der Waals surface area contributed by atoms with E-state index in [1.54, 1.807) is 6.07 Å². The number of hydrogen-bond acceptors (Lipinski definition) is 0. The second-order valence-electron chi connectivity index (χ2n) is 4.20. The van der Waals surface area contributed by atoms with Gasteiger partial charge in [0, 0.05) is 21.8 Å². The third-order valence-electron chi connectivity index (χ3n) is 2.93. The van der Waals surface area contributed by atoms with Gasteiger partial charge in [0.1, 0.15) is 0 Å². The van der Waals surface area contributed by atoms with Crippen molar-refractivity contribution in [2.75, 3.05) is 5.88 Å². The lowest BCUT2D eigenvalue weighted by Gasteiger charge is -2.15. The Morgan fingerprint density at radius 1 is 0.944 bits per heavy atom. The summed E-state index contributed by atoms with van der Waals surface area (Å²) in [7, 11) is 0. The lowest BCUT2D eigenvalue weighted by Crippen LogP contribution is -2.05. The minimum atomic E-state index is 0.254. The Kier molecular flexibility index (Phi) is 4.94. The maximum Gasteiger partial charge on any atom is 0.0439 e. The summed E-state index contributed by atoms with van der Waals surface area (Å²) in [6.45, 7) is 0. The Hall–Kier alpha value is -0.690. The summed E-state index contributed by atoms with van der Waals surface area (Å²) in [5.41, 5.74) is 2.27. The topological polar surface area (TPSA) is 0 Å². The summed E-state index contributed by atoms with van der Waals surface area (Å²) < 4.78 is 0. The first-order valence-corrected chi connectivity index (χ1v) is 7.04. The number of halogens is 3. The molecule has 3 heteroatoms. The number of benzene rings is 2. The third-order valence-corrected chi connectivity index (χ3v) is 3.91. The maximum absolute atomic E-state index is 6.18. The minimum Gasteiger partial charge on any atom is -0.126 e. The van der Waals surface area contributed by atoms with E-state index in [9.17, 15) is 0 Å². The van der Waals surface area contributed by atoms with Crippen LogP contribution < -0.4 is 0 Å². The van der Waals surface area contributed by atoms with Crippen LogP contribution in [-0.4, -0.2) is 5.88 Å². The molecule has 2 rings (SSSR count). The first-order chi connectivity index (χ1) is 8.70. The fraction of sp³-hybridized carbons (Fsp3) is 0.200. The van der Waals surface area contributed by atoms with Crippen LogP contribution in [0.15, 0.2) is 48.5 Å². The molecule has 0 aliphatic carbocycles. The molecule has 0 amide bonds. The molecule has 18 heavy (non-hydrogen) atoms. The van der Waals surface area contributed by atoms with E-state index in [4.69, 9.17) is 34.8 Å². The van der Waals surface area contributed by atoms with Crippen LogP contribution in [0.1, 0.15) is 17.0 Å². The normalized spacial score (nSPS) is 12.4. The summed E-state index contributed by atoms with van der Waals surface area (Å²) >= 11 is 18.2. The Morgan fingerprint density at radius 3 is 2.33 bits per heavy atom. The van der Waals surface area contributed by atoms with Gasteiger partial charge in [-0.15, -0.1) is 11.6 Å². The van der Waals surface area contributed by atoms with Gasteiger partial charge in [0.2, 0.25) is 0 Å². The van der Waals surface area contributed by atoms with Crippen molar-refractivity contribution in [2.45, 2.75) is 12.3 Å². The number of alkyl halides is 1. The summed E-state index contributed by atoms with van der Waals surface area (Å²) in [5.74, 6) is 0.816. The molecular weight excluding hydrogens is 287 g/mol. The van der Waals surface area contributed by atoms with Gasteiger partial charge in [-0.25, -0.2) is 0 Å². The molecule has 0 aliphatic rings. The van der Waals surface area contributed by atoms with Gasteiger partial charge >= 0.3 is 0 Å². The fourth-order valence-electron chi connectivity index (χ4n) is 1.95. The molecule has 0 fully saturated rings. The van der Waals surface area contributed by atoms with Crippen molar-refractivity contribution in [1.82, 2.24) is 0 Å². The van der Waals surface area contributed by atoms with Gasteiger partial charge in [-0.05, 0) is 35.7 Å². The van der Waals surface area contributed by atoms with Crippen LogP contribution in [0.25, 0.3) is 0 Å². The zero-order chi connectivity index (χ0) is 13.0. The Morgan fingerprint density at radius 2 is 1.67 bits per heavy atom. The van der Waals surface area contributed by atoms with Gasteiger partial charge in [-0.3, -0.25) is 0 Å². The number of hydrogen-bond donors (Lipinski definition) is 0. The standard InChI is InChI=1S/C15H13Cl3/c16-10-13(11-4-2-1-3-5-11)8-12-9-14(17)6-7-15(12)18/h1-7,9,13H,8,10H2. The van der Waals surface area contributed by atoms with Crippen LogP contribution in [0.4, 0.5) is 0 Å². The smallest absolute Gasteiger partial charge is 0.0439 e. The average molecular weight is 300 g/mol. The third kappa shape index (κ3) is 3.41. The molecule has 94 valence electrons. The molecule has 2 aromatic rings. The van der Waals surface area contributed by atoms with Crippen molar-refractivity contribution in [2.24, 2.45) is 0 Å². The molecule has 0 spiro atoms. The highest BCUT2D eigenvalue weighted by Gasteiger charge is 2.13. The van der Waals surface area contributed by atoms with Crippen LogP contribution in [0.5, 0.6) is 0 Å². The van der Waals surface area contributed by atoms with E-state index in [0.717, 1.165) is 17.0 Å². The molecule has 0 nitrogen and oxygen atoms in total. The molecule has 0 radical (unpaired) electrons. The van der Waals surface area contributed by atoms with Gasteiger partial charge < -0.3 is 0 Å². The molecule has 0 bridgehead atoms. The monoisotopic (exact) mass is 298 g/mol. The lowest BCUT2D eigenvalue weighted by atomic mass is 9.93. The van der Waals surface area contributed by atoms with E-state index in [-0.39, 0.29) is 5.92 Å². The highest BCUT2D eigenvalue weighted by Crippen LogP contribution is 2.28. The van der Waals surface area contributed by atoms with Gasteiger partial charge in [-0.2, -0.15) is 0 Å². The minimum absolute atomic E-state index is 0.254. The van der Waals surface area contributed by atoms with Crippen LogP contribution in [0.2, 0.25) is 10.0 Å². The number of rotatable bonds is 4. The average Bonchev–Trinajstić information content (AvgIpc) is 2.41. The quantitative estimate of drug-likeness (QED) is 0.648. The van der Waals surface area contributed by atoms with Crippen LogP contribution in [0, 0.1) is 0 Å². The van der Waals surface area contributed by atoms with E-state index in [0.29, 0.717) is 10.9 Å². The van der Waals surface area contributed by atoms with E-state index in [2.05, 4.69) is 12.1 Å². The second-order valence-corrected chi connectivity index (χ2v) is 5.35. The van der Waals surface area contributed by atoms with Crippen molar-refractivity contribution < 1.29 is 0 Å². The first-order valence-electron chi connectivity index (χ1n) is 5.75. The summed E-state index contributed by atoms with van der Waals surface area (Å²) in [6, 6.07) is 15.8. The van der Waals surface area contributed by atoms with E-state index >= 15 is 0 Å². The lowest BCUT2D eigenvalue weighted by molar-refractivity contribution is 0.766. The Balaban J connectivity index is 2.23. The zero-order valence-corrected chi connectivity index (χ0v) is 12.0. The maximum atomic E-state index is 6.18. The molecule has 0 N–H and O–H groups in total. The van der Waals surface area contributed by atoms with Crippen molar-refractivity contribution in [3.05, 3.63) is 69.7 Å². The van der Waals surface area contributed by atoms with Crippen molar-refractivity contribution in [3.63, 3.8) is 0 Å². The Bertz CT molecular complexity index is 508.